The Kier molecular flexibility index (Phi) is 6.21. The van der Waals surface area contributed by atoms with E-state index < -0.39 is 17.2 Å². The molecule has 1 atom stereocenters. The number of aromatic amines is 2. The third kappa shape index (κ3) is 4.62. The van der Waals surface area contributed by atoms with Gasteiger partial charge < -0.3 is 10.3 Å². The second-order valence-electron chi connectivity index (χ2n) is 7.88. The summed E-state index contributed by atoms with van der Waals surface area (Å²) in [6.07, 6.45) is 0.967. The van der Waals surface area contributed by atoms with Gasteiger partial charge in [-0.15, -0.1) is 0 Å². The van der Waals surface area contributed by atoms with Crippen LogP contribution in [0.1, 0.15) is 43.1 Å². The lowest BCUT2D eigenvalue weighted by Crippen LogP contribution is -2.30. The smallest absolute Gasteiger partial charge is 0.330 e. The minimum Gasteiger partial charge on any atom is -0.336 e. The van der Waals surface area contributed by atoms with Crippen LogP contribution in [0.25, 0.3) is 11.2 Å². The Labute approximate surface area is 188 Å². The lowest BCUT2D eigenvalue weighted by atomic mass is 9.91. The van der Waals surface area contributed by atoms with Crippen LogP contribution in [0.15, 0.2) is 58.1 Å². The number of nitrogens with zero attached hydrogens (tertiary/aromatic N) is 2. The molecule has 3 N–H and O–H groups in total. The van der Waals surface area contributed by atoms with E-state index in [0.717, 1.165) is 5.56 Å². The molecule has 170 valence electrons. The van der Waals surface area contributed by atoms with Crippen molar-refractivity contribution < 1.29 is 9.18 Å². The van der Waals surface area contributed by atoms with Gasteiger partial charge in [0.2, 0.25) is 5.91 Å². The molecule has 0 fully saturated rings. The number of fused-ring (bicyclic) bond motifs is 1. The van der Waals surface area contributed by atoms with Gasteiger partial charge in [0.1, 0.15) is 17.2 Å². The van der Waals surface area contributed by atoms with Crippen LogP contribution in [-0.4, -0.2) is 25.4 Å². The number of H-pyrrole nitrogens is 2. The normalized spacial score (nSPS) is 12.1. The second kappa shape index (κ2) is 9.23. The molecular weight excluding hydrogens is 425 g/mol. The van der Waals surface area contributed by atoms with Crippen molar-refractivity contribution in [3.8, 4) is 0 Å². The van der Waals surface area contributed by atoms with Gasteiger partial charge in [0, 0.05) is 25.1 Å². The van der Waals surface area contributed by atoms with Crippen LogP contribution < -0.4 is 16.6 Å². The van der Waals surface area contributed by atoms with Crippen molar-refractivity contribution in [2.45, 2.75) is 39.2 Å². The monoisotopic (exact) mass is 449 g/mol. The highest BCUT2D eigenvalue weighted by Gasteiger charge is 2.23. The van der Waals surface area contributed by atoms with E-state index in [0.29, 0.717) is 30.0 Å². The number of rotatable bonds is 7. The first kappa shape index (κ1) is 22.2. The number of aryl methyl sites for hydroxylation is 1. The fourth-order valence-electron chi connectivity index (χ4n) is 3.91. The summed E-state index contributed by atoms with van der Waals surface area (Å²) < 4.78 is 15.9. The van der Waals surface area contributed by atoms with Gasteiger partial charge in [-0.25, -0.2) is 14.2 Å². The van der Waals surface area contributed by atoms with Crippen molar-refractivity contribution in [3.63, 3.8) is 0 Å². The third-order valence-corrected chi connectivity index (χ3v) is 5.44. The van der Waals surface area contributed by atoms with E-state index >= 15 is 0 Å². The number of hydrogen-bond donors (Lipinski definition) is 3. The van der Waals surface area contributed by atoms with Crippen molar-refractivity contribution in [1.29, 1.82) is 0 Å². The Balaban J connectivity index is 1.85. The topological polar surface area (TPSA) is 113 Å². The van der Waals surface area contributed by atoms with Crippen LogP contribution in [0.2, 0.25) is 0 Å². The summed E-state index contributed by atoms with van der Waals surface area (Å²) in [7, 11) is 0. The van der Waals surface area contributed by atoms with Crippen LogP contribution in [-0.2, 0) is 17.8 Å². The van der Waals surface area contributed by atoms with Gasteiger partial charge in [0.05, 0.1) is 0 Å². The van der Waals surface area contributed by atoms with Gasteiger partial charge in [-0.05, 0) is 42.2 Å². The summed E-state index contributed by atoms with van der Waals surface area (Å²) in [6, 6.07) is 13.7. The Morgan fingerprint density at radius 1 is 1.12 bits per heavy atom. The molecule has 1 amide bonds. The SMILES string of the molecule is CCCn1c(=O)[nH]c(=O)c2[nH]c(C(Cc3ccccc3F)c3ccc(NC(C)=O)cc3)nc21. The van der Waals surface area contributed by atoms with Gasteiger partial charge in [0.15, 0.2) is 5.65 Å². The molecule has 0 radical (unpaired) electrons. The summed E-state index contributed by atoms with van der Waals surface area (Å²) in [5, 5.41) is 2.72. The molecule has 8 nitrogen and oxygen atoms in total. The highest BCUT2D eigenvalue weighted by molar-refractivity contribution is 5.88. The maximum Gasteiger partial charge on any atom is 0.330 e. The quantitative estimate of drug-likeness (QED) is 0.402. The van der Waals surface area contributed by atoms with E-state index in [1.54, 1.807) is 30.3 Å². The zero-order valence-electron chi connectivity index (χ0n) is 18.3. The number of anilines is 1. The predicted molar refractivity (Wildman–Crippen MR) is 124 cm³/mol. The van der Waals surface area contributed by atoms with Gasteiger partial charge in [-0.3, -0.25) is 19.1 Å². The molecule has 0 saturated heterocycles. The molecule has 0 aliphatic heterocycles. The Morgan fingerprint density at radius 3 is 2.52 bits per heavy atom. The molecule has 33 heavy (non-hydrogen) atoms. The Bertz CT molecular complexity index is 1420. The number of carbonyl (C=O) groups excluding carboxylic acids is 1. The number of aromatic nitrogens is 4. The van der Waals surface area contributed by atoms with Gasteiger partial charge in [-0.2, -0.15) is 0 Å². The molecule has 0 bridgehead atoms. The zero-order chi connectivity index (χ0) is 23.5. The fraction of sp³-hybridized carbons (Fsp3) is 0.250. The van der Waals surface area contributed by atoms with Crippen molar-refractivity contribution in [2.75, 3.05) is 5.32 Å². The van der Waals surface area contributed by atoms with Crippen LogP contribution in [0, 0.1) is 5.82 Å². The minimum absolute atomic E-state index is 0.184. The van der Waals surface area contributed by atoms with E-state index in [1.807, 2.05) is 19.1 Å². The number of halogens is 1. The molecule has 9 heteroatoms. The van der Waals surface area contributed by atoms with Crippen LogP contribution in [0.3, 0.4) is 0 Å². The number of amides is 1. The second-order valence-corrected chi connectivity index (χ2v) is 7.88. The third-order valence-electron chi connectivity index (χ3n) is 5.44. The van der Waals surface area contributed by atoms with Crippen LogP contribution >= 0.6 is 0 Å². The number of imidazole rings is 1. The number of hydrogen-bond acceptors (Lipinski definition) is 4. The lowest BCUT2D eigenvalue weighted by molar-refractivity contribution is -0.114. The molecule has 2 heterocycles. The molecule has 4 aromatic rings. The average molecular weight is 449 g/mol. The molecule has 2 aromatic carbocycles. The van der Waals surface area contributed by atoms with E-state index in [-0.39, 0.29) is 29.3 Å². The van der Waals surface area contributed by atoms with Crippen molar-refractivity contribution in [2.24, 2.45) is 0 Å². The van der Waals surface area contributed by atoms with Crippen molar-refractivity contribution in [1.82, 2.24) is 19.5 Å². The van der Waals surface area contributed by atoms with Gasteiger partial charge >= 0.3 is 5.69 Å². The molecule has 0 aliphatic carbocycles. The zero-order valence-corrected chi connectivity index (χ0v) is 18.3. The van der Waals surface area contributed by atoms with E-state index in [4.69, 9.17) is 0 Å². The average Bonchev–Trinajstić information content (AvgIpc) is 3.22. The Hall–Kier alpha value is -4.01. The molecule has 0 aliphatic rings. The molecule has 0 spiro atoms. The highest BCUT2D eigenvalue weighted by Crippen LogP contribution is 2.29. The summed E-state index contributed by atoms with van der Waals surface area (Å²) in [5.41, 5.74) is 1.35. The first-order valence-corrected chi connectivity index (χ1v) is 10.7. The van der Waals surface area contributed by atoms with Crippen molar-refractivity contribution >= 4 is 22.8 Å². The molecule has 4 rings (SSSR count). The van der Waals surface area contributed by atoms with Crippen molar-refractivity contribution in [3.05, 3.63) is 92.1 Å². The van der Waals surface area contributed by atoms with E-state index in [9.17, 15) is 18.8 Å². The molecule has 1 unspecified atom stereocenters. The summed E-state index contributed by atoms with van der Waals surface area (Å²) in [5.74, 6) is -0.503. The number of carbonyl (C=O) groups is 1. The summed E-state index contributed by atoms with van der Waals surface area (Å²) >= 11 is 0. The molecule has 2 aromatic heterocycles. The maximum absolute atomic E-state index is 14.5. The van der Waals surface area contributed by atoms with Gasteiger partial charge in [-0.1, -0.05) is 37.3 Å². The first-order valence-electron chi connectivity index (χ1n) is 10.7. The highest BCUT2D eigenvalue weighted by atomic mass is 19.1. The summed E-state index contributed by atoms with van der Waals surface area (Å²) in [4.78, 5) is 46.1. The van der Waals surface area contributed by atoms with E-state index in [1.165, 1.54) is 17.6 Å². The standard InChI is InChI=1S/C24H24FN5O3/c1-3-12-30-22-20(23(32)29-24(30)33)27-21(28-22)18(13-16-6-4-5-7-19(16)25)15-8-10-17(11-9-15)26-14(2)31/h4-11,18H,3,12-13H2,1-2H3,(H,26,31)(H,27,28)(H,29,32,33). The predicted octanol–water partition coefficient (Wildman–Crippen LogP) is 3.30. The summed E-state index contributed by atoms with van der Waals surface area (Å²) in [6.45, 7) is 3.75. The molecule has 0 saturated carbocycles. The minimum atomic E-state index is -0.549. The van der Waals surface area contributed by atoms with Gasteiger partial charge in [0.25, 0.3) is 5.56 Å². The first-order chi connectivity index (χ1) is 15.9. The fourth-order valence-corrected chi connectivity index (χ4v) is 3.91. The van der Waals surface area contributed by atoms with Crippen LogP contribution in [0.5, 0.6) is 0 Å². The Morgan fingerprint density at radius 2 is 1.85 bits per heavy atom. The number of nitrogens with one attached hydrogen (secondary N) is 3. The van der Waals surface area contributed by atoms with E-state index in [2.05, 4.69) is 20.3 Å². The lowest BCUT2D eigenvalue weighted by Gasteiger charge is -2.16. The number of benzene rings is 2. The van der Waals surface area contributed by atoms with Crippen LogP contribution in [0.4, 0.5) is 10.1 Å². The maximum atomic E-state index is 14.5. The largest absolute Gasteiger partial charge is 0.336 e. The molecular formula is C24H24FN5O3.